The van der Waals surface area contributed by atoms with E-state index in [-0.39, 0.29) is 23.3 Å². The van der Waals surface area contributed by atoms with Crippen molar-refractivity contribution in [1.82, 2.24) is 0 Å². The van der Waals surface area contributed by atoms with Crippen LogP contribution in [0, 0.1) is 11.8 Å². The summed E-state index contributed by atoms with van der Waals surface area (Å²) in [6.07, 6.45) is 0. The van der Waals surface area contributed by atoms with Gasteiger partial charge in [-0.1, -0.05) is 39.5 Å². The van der Waals surface area contributed by atoms with Crippen molar-refractivity contribution in [1.29, 1.82) is 0 Å². The first-order valence-electron chi connectivity index (χ1n) is 3.70. The van der Waals surface area contributed by atoms with Gasteiger partial charge in [-0.05, 0) is 0 Å². The topological polar surface area (TPSA) is 46.1 Å². The molecule has 0 amide bonds. The zero-order valence-electron chi connectivity index (χ0n) is 8.09. The molecular formula is C8H18BeO2. The van der Waals surface area contributed by atoms with Crippen LogP contribution in [0.15, 0.2) is 0 Å². The largest absolute Gasteiger partial charge is 2.00 e. The molecular weight excluding hydrogens is 137 g/mol. The second-order valence-electron chi connectivity index (χ2n) is 3.12. The van der Waals surface area contributed by atoms with Crippen LogP contribution in [-0.2, 0) is 0 Å². The van der Waals surface area contributed by atoms with E-state index in [4.69, 9.17) is 0 Å². The van der Waals surface area contributed by atoms with Crippen LogP contribution in [0.3, 0.4) is 0 Å². The molecule has 0 bridgehead atoms. The maximum absolute atomic E-state index is 9.63. The third kappa shape index (κ3) is 39.5. The fraction of sp³-hybridized carbons (Fsp3) is 1.00. The van der Waals surface area contributed by atoms with Gasteiger partial charge in [0, 0.05) is 0 Å². The summed E-state index contributed by atoms with van der Waals surface area (Å²) in [7, 11) is 0. The Morgan fingerprint density at radius 2 is 0.909 bits per heavy atom. The third-order valence-electron chi connectivity index (χ3n) is 0.667. The summed E-state index contributed by atoms with van der Waals surface area (Å²) in [6.45, 7) is 7.75. The van der Waals surface area contributed by atoms with Crippen LogP contribution in [0.1, 0.15) is 27.7 Å². The average Bonchev–Trinajstić information content (AvgIpc) is 1.89. The first-order valence-corrected chi connectivity index (χ1v) is 3.70. The van der Waals surface area contributed by atoms with Gasteiger partial charge in [-0.15, -0.1) is 13.2 Å². The van der Waals surface area contributed by atoms with Crippen LogP contribution in [0.2, 0.25) is 0 Å². The van der Waals surface area contributed by atoms with Gasteiger partial charge >= 0.3 is 10.1 Å². The molecule has 0 N–H and O–H groups in total. The second kappa shape index (κ2) is 12.7. The Morgan fingerprint density at radius 3 is 0.909 bits per heavy atom. The van der Waals surface area contributed by atoms with E-state index in [0.717, 1.165) is 0 Å². The minimum absolute atomic E-state index is 0. The molecule has 0 aromatic heterocycles. The minimum Gasteiger partial charge on any atom is -0.854 e. The molecule has 0 atom stereocenters. The summed E-state index contributed by atoms with van der Waals surface area (Å²) in [5.41, 5.74) is 0. The molecule has 0 aliphatic carbocycles. The fourth-order valence-electron chi connectivity index (χ4n) is 0. The smallest absolute Gasteiger partial charge is 0.854 e. The second-order valence-corrected chi connectivity index (χ2v) is 3.12. The molecule has 0 heterocycles. The Balaban J connectivity index is -0.000000107. The molecule has 0 aliphatic heterocycles. The van der Waals surface area contributed by atoms with E-state index < -0.39 is 0 Å². The molecule has 2 nitrogen and oxygen atoms in total. The molecule has 11 heavy (non-hydrogen) atoms. The summed E-state index contributed by atoms with van der Waals surface area (Å²) in [5.74, 6) is 0.657. The first kappa shape index (κ1) is 17.3. The van der Waals surface area contributed by atoms with Crippen LogP contribution >= 0.6 is 0 Å². The molecule has 0 radical (unpaired) electrons. The van der Waals surface area contributed by atoms with E-state index in [0.29, 0.717) is 11.8 Å². The Labute approximate surface area is 73.9 Å². The summed E-state index contributed by atoms with van der Waals surface area (Å²) in [5, 5.41) is 19.3. The summed E-state index contributed by atoms with van der Waals surface area (Å²) < 4.78 is 0. The van der Waals surface area contributed by atoms with Crippen molar-refractivity contribution in [2.24, 2.45) is 11.8 Å². The van der Waals surface area contributed by atoms with E-state index in [1.54, 1.807) is 0 Å². The summed E-state index contributed by atoms with van der Waals surface area (Å²) >= 11 is 0. The molecule has 0 fully saturated rings. The average molecular weight is 155 g/mol. The zero-order valence-corrected chi connectivity index (χ0v) is 8.09. The normalized spacial score (nSPS) is 8.73. The van der Waals surface area contributed by atoms with Crippen molar-refractivity contribution >= 4 is 10.1 Å². The van der Waals surface area contributed by atoms with Crippen molar-refractivity contribution in [2.75, 3.05) is 13.2 Å². The predicted octanol–water partition coefficient (Wildman–Crippen LogP) is -0.375. The molecule has 0 rings (SSSR count). The van der Waals surface area contributed by atoms with Gasteiger partial charge in [-0.3, -0.25) is 0 Å². The molecule has 0 saturated heterocycles. The Bertz CT molecular complexity index is 48.1. The van der Waals surface area contributed by atoms with Gasteiger partial charge in [-0.25, -0.2) is 0 Å². The van der Waals surface area contributed by atoms with Crippen molar-refractivity contribution in [3.63, 3.8) is 0 Å². The molecule has 0 aromatic carbocycles. The van der Waals surface area contributed by atoms with E-state index in [1.807, 2.05) is 27.7 Å². The van der Waals surface area contributed by atoms with Crippen LogP contribution in [0.25, 0.3) is 0 Å². The Kier molecular flexibility index (Phi) is 20.0. The van der Waals surface area contributed by atoms with E-state index in [1.165, 1.54) is 0 Å². The molecule has 0 aliphatic rings. The van der Waals surface area contributed by atoms with Gasteiger partial charge in [0.2, 0.25) is 0 Å². The van der Waals surface area contributed by atoms with Crippen molar-refractivity contribution in [2.45, 2.75) is 27.7 Å². The molecule has 0 saturated carbocycles. The molecule has 3 heteroatoms. The quantitative estimate of drug-likeness (QED) is 0.510. The van der Waals surface area contributed by atoms with Gasteiger partial charge in [0.1, 0.15) is 0 Å². The third-order valence-corrected chi connectivity index (χ3v) is 0.667. The van der Waals surface area contributed by atoms with Crippen LogP contribution in [0.5, 0.6) is 0 Å². The predicted molar refractivity (Wildman–Crippen MR) is 45.2 cm³/mol. The number of hydrogen-bond acceptors (Lipinski definition) is 2. The van der Waals surface area contributed by atoms with E-state index in [9.17, 15) is 10.2 Å². The van der Waals surface area contributed by atoms with Gasteiger partial charge in [0.05, 0.1) is 0 Å². The van der Waals surface area contributed by atoms with Crippen LogP contribution in [0.4, 0.5) is 0 Å². The Morgan fingerprint density at radius 1 is 0.818 bits per heavy atom. The van der Waals surface area contributed by atoms with Crippen LogP contribution in [-0.4, -0.2) is 23.3 Å². The summed E-state index contributed by atoms with van der Waals surface area (Å²) in [4.78, 5) is 0. The maximum Gasteiger partial charge on any atom is 2.00 e. The summed E-state index contributed by atoms with van der Waals surface area (Å²) in [6, 6.07) is 0. The van der Waals surface area contributed by atoms with Gasteiger partial charge < -0.3 is 10.2 Å². The van der Waals surface area contributed by atoms with Crippen LogP contribution < -0.4 is 10.2 Å². The van der Waals surface area contributed by atoms with Gasteiger partial charge in [0.15, 0.2) is 0 Å². The molecule has 0 aromatic rings. The maximum atomic E-state index is 9.63. The number of rotatable bonds is 2. The van der Waals surface area contributed by atoms with E-state index >= 15 is 0 Å². The standard InChI is InChI=1S/2C4H9O.Be/c2*1-4(2)3-5;/h2*4H,3H2,1-2H3;/q2*-1;+2. The molecule has 64 valence electrons. The first-order chi connectivity index (χ1) is 4.54. The van der Waals surface area contributed by atoms with Crippen molar-refractivity contribution in [3.8, 4) is 0 Å². The fourth-order valence-corrected chi connectivity index (χ4v) is 0. The van der Waals surface area contributed by atoms with Crippen molar-refractivity contribution < 1.29 is 10.2 Å². The van der Waals surface area contributed by atoms with Gasteiger partial charge in [-0.2, -0.15) is 0 Å². The minimum atomic E-state index is 0. The SMILES string of the molecule is CC(C)C[O-].CC(C)C[O-].[Be+2]. The van der Waals surface area contributed by atoms with Crippen molar-refractivity contribution in [3.05, 3.63) is 0 Å². The van der Waals surface area contributed by atoms with E-state index in [2.05, 4.69) is 0 Å². The number of hydrogen-bond donors (Lipinski definition) is 0. The molecule has 0 spiro atoms. The monoisotopic (exact) mass is 155 g/mol. The molecule has 0 unspecified atom stereocenters. The van der Waals surface area contributed by atoms with Gasteiger partial charge in [0.25, 0.3) is 0 Å². The zero-order chi connectivity index (χ0) is 8.57. The Hall–Kier alpha value is 0.0888.